The molecule has 3 aromatic rings. The minimum atomic E-state index is -0.0939. The number of aryl methyl sites for hydroxylation is 2. The van der Waals surface area contributed by atoms with Gasteiger partial charge in [-0.1, -0.05) is 24.3 Å². The first kappa shape index (κ1) is 22.3. The van der Waals surface area contributed by atoms with Gasteiger partial charge in [0.15, 0.2) is 5.11 Å². The number of aromatic amines is 1. The molecule has 0 spiro atoms. The SMILES string of the molecule is COc1ccccc1NC(=S)N(Cc1cc2c(C)ccc(C)c2[nH]c1=O)C[C@H]1CCCO1. The Labute approximate surface area is 193 Å². The Balaban J connectivity index is 1.65. The number of aromatic nitrogens is 1. The predicted octanol–water partition coefficient (Wildman–Crippen LogP) is 4.53. The second-order valence-electron chi connectivity index (χ2n) is 8.26. The average molecular weight is 452 g/mol. The molecule has 1 aromatic heterocycles. The fourth-order valence-electron chi connectivity index (χ4n) is 4.14. The Morgan fingerprint density at radius 1 is 1.25 bits per heavy atom. The van der Waals surface area contributed by atoms with Crippen LogP contribution in [-0.2, 0) is 11.3 Å². The van der Waals surface area contributed by atoms with E-state index in [-0.39, 0.29) is 11.7 Å². The number of fused-ring (bicyclic) bond motifs is 1. The van der Waals surface area contributed by atoms with Crippen LogP contribution in [0.1, 0.15) is 29.5 Å². The second-order valence-corrected chi connectivity index (χ2v) is 8.64. The van der Waals surface area contributed by atoms with Crippen molar-refractivity contribution in [3.05, 3.63) is 69.5 Å². The Morgan fingerprint density at radius 3 is 2.78 bits per heavy atom. The number of hydrogen-bond donors (Lipinski definition) is 2. The van der Waals surface area contributed by atoms with E-state index in [0.29, 0.717) is 29.5 Å². The van der Waals surface area contributed by atoms with Gasteiger partial charge >= 0.3 is 0 Å². The zero-order chi connectivity index (χ0) is 22.7. The zero-order valence-corrected chi connectivity index (χ0v) is 19.6. The average Bonchev–Trinajstić information content (AvgIpc) is 3.30. The van der Waals surface area contributed by atoms with Crippen molar-refractivity contribution in [2.24, 2.45) is 0 Å². The topological polar surface area (TPSA) is 66.6 Å². The largest absolute Gasteiger partial charge is 0.495 e. The number of nitrogens with zero attached hydrogens (tertiary/aromatic N) is 1. The monoisotopic (exact) mass is 451 g/mol. The first-order chi connectivity index (χ1) is 15.5. The van der Waals surface area contributed by atoms with Crippen LogP contribution in [0.2, 0.25) is 0 Å². The highest BCUT2D eigenvalue weighted by Gasteiger charge is 2.23. The Bertz CT molecular complexity index is 1180. The molecule has 7 heteroatoms. The van der Waals surface area contributed by atoms with Crippen molar-refractivity contribution in [1.29, 1.82) is 0 Å². The fraction of sp³-hybridized carbons (Fsp3) is 0.360. The molecule has 2 N–H and O–H groups in total. The molecule has 6 nitrogen and oxygen atoms in total. The van der Waals surface area contributed by atoms with Gasteiger partial charge in [0.1, 0.15) is 5.75 Å². The van der Waals surface area contributed by atoms with Gasteiger partial charge in [0.05, 0.1) is 31.0 Å². The molecule has 0 saturated carbocycles. The van der Waals surface area contributed by atoms with E-state index in [9.17, 15) is 4.79 Å². The molecule has 0 unspecified atom stereocenters. The number of ether oxygens (including phenoxy) is 2. The molecular weight excluding hydrogens is 422 g/mol. The number of rotatable bonds is 6. The van der Waals surface area contributed by atoms with Gasteiger partial charge in [0.25, 0.3) is 5.56 Å². The minimum absolute atomic E-state index is 0.0935. The van der Waals surface area contributed by atoms with Crippen molar-refractivity contribution in [2.75, 3.05) is 25.6 Å². The third-order valence-electron chi connectivity index (χ3n) is 5.97. The lowest BCUT2D eigenvalue weighted by molar-refractivity contribution is 0.0904. The van der Waals surface area contributed by atoms with Crippen molar-refractivity contribution in [1.82, 2.24) is 9.88 Å². The molecule has 1 aliphatic rings. The lowest BCUT2D eigenvalue weighted by Gasteiger charge is -2.28. The molecule has 0 aliphatic carbocycles. The van der Waals surface area contributed by atoms with Crippen LogP contribution < -0.4 is 15.6 Å². The highest BCUT2D eigenvalue weighted by atomic mass is 32.1. The van der Waals surface area contributed by atoms with Crippen molar-refractivity contribution >= 4 is 33.9 Å². The number of hydrogen-bond acceptors (Lipinski definition) is 4. The molecule has 0 radical (unpaired) electrons. The van der Waals surface area contributed by atoms with E-state index < -0.39 is 0 Å². The maximum atomic E-state index is 13.0. The van der Waals surface area contributed by atoms with E-state index in [1.165, 1.54) is 0 Å². The summed E-state index contributed by atoms with van der Waals surface area (Å²) >= 11 is 5.78. The molecule has 168 valence electrons. The molecule has 2 aromatic carbocycles. The number of anilines is 1. The van der Waals surface area contributed by atoms with Gasteiger partial charge in [0.2, 0.25) is 0 Å². The van der Waals surface area contributed by atoms with Crippen molar-refractivity contribution in [3.63, 3.8) is 0 Å². The van der Waals surface area contributed by atoms with E-state index in [4.69, 9.17) is 21.7 Å². The molecule has 0 amide bonds. The van der Waals surface area contributed by atoms with E-state index in [2.05, 4.69) is 23.3 Å². The Morgan fingerprint density at radius 2 is 2.03 bits per heavy atom. The minimum Gasteiger partial charge on any atom is -0.495 e. The summed E-state index contributed by atoms with van der Waals surface area (Å²) in [4.78, 5) is 18.0. The summed E-state index contributed by atoms with van der Waals surface area (Å²) in [5.41, 5.74) is 4.44. The molecule has 1 aliphatic heterocycles. The Hall–Kier alpha value is -2.90. The number of benzene rings is 2. The van der Waals surface area contributed by atoms with Gasteiger partial charge in [-0.2, -0.15) is 0 Å². The molecule has 4 rings (SSSR count). The van der Waals surface area contributed by atoms with Crippen LogP contribution in [0.25, 0.3) is 10.9 Å². The molecule has 1 saturated heterocycles. The van der Waals surface area contributed by atoms with Crippen LogP contribution in [-0.4, -0.2) is 41.4 Å². The first-order valence-electron chi connectivity index (χ1n) is 10.9. The van der Waals surface area contributed by atoms with Crippen molar-refractivity contribution in [2.45, 2.75) is 39.3 Å². The maximum absolute atomic E-state index is 13.0. The number of H-pyrrole nitrogens is 1. The molecule has 0 bridgehead atoms. The number of nitrogens with one attached hydrogen (secondary N) is 2. The summed E-state index contributed by atoms with van der Waals surface area (Å²) in [5.74, 6) is 0.710. The van der Waals surface area contributed by atoms with E-state index in [1.807, 2.05) is 48.2 Å². The van der Waals surface area contributed by atoms with Gasteiger partial charge in [0, 0.05) is 24.1 Å². The van der Waals surface area contributed by atoms with Gasteiger partial charge < -0.3 is 24.7 Å². The predicted molar refractivity (Wildman–Crippen MR) is 133 cm³/mol. The lowest BCUT2D eigenvalue weighted by Crippen LogP contribution is -2.40. The van der Waals surface area contributed by atoms with Crippen LogP contribution in [0.3, 0.4) is 0 Å². The van der Waals surface area contributed by atoms with Gasteiger partial charge in [-0.05, 0) is 68.2 Å². The normalized spacial score (nSPS) is 15.7. The second kappa shape index (κ2) is 9.71. The molecule has 32 heavy (non-hydrogen) atoms. The van der Waals surface area contributed by atoms with Crippen LogP contribution >= 0.6 is 12.2 Å². The number of para-hydroxylation sites is 2. The zero-order valence-electron chi connectivity index (χ0n) is 18.7. The summed E-state index contributed by atoms with van der Waals surface area (Å²) in [6, 6.07) is 13.7. The standard InChI is InChI=1S/C25H29N3O3S/c1-16-10-11-17(2)23-20(16)13-18(24(29)27-23)14-28(15-19-7-6-12-31-19)25(32)26-21-8-4-5-9-22(21)30-3/h4-5,8-11,13,19H,6-7,12,14-15H2,1-3H3,(H,26,32)(H,27,29)/t19-/m1/s1. The fourth-order valence-corrected chi connectivity index (χ4v) is 4.39. The summed E-state index contributed by atoms with van der Waals surface area (Å²) in [7, 11) is 1.63. The quantitative estimate of drug-likeness (QED) is 0.537. The van der Waals surface area contributed by atoms with Crippen molar-refractivity contribution in [3.8, 4) is 5.75 Å². The highest BCUT2D eigenvalue weighted by Crippen LogP contribution is 2.25. The third-order valence-corrected chi connectivity index (χ3v) is 6.33. The lowest BCUT2D eigenvalue weighted by atomic mass is 10.0. The maximum Gasteiger partial charge on any atom is 0.253 e. The van der Waals surface area contributed by atoms with Crippen molar-refractivity contribution < 1.29 is 9.47 Å². The van der Waals surface area contributed by atoms with E-state index in [0.717, 1.165) is 47.2 Å². The molecular formula is C25H29N3O3S. The summed E-state index contributed by atoms with van der Waals surface area (Å²) in [5, 5.41) is 4.89. The summed E-state index contributed by atoms with van der Waals surface area (Å²) in [6.45, 7) is 5.83. The molecule has 2 heterocycles. The van der Waals surface area contributed by atoms with E-state index in [1.54, 1.807) is 7.11 Å². The van der Waals surface area contributed by atoms with Crippen LogP contribution in [0.5, 0.6) is 5.75 Å². The first-order valence-corrected chi connectivity index (χ1v) is 11.3. The van der Waals surface area contributed by atoms with Gasteiger partial charge in [-0.15, -0.1) is 0 Å². The van der Waals surface area contributed by atoms with Gasteiger partial charge in [-0.25, -0.2) is 0 Å². The summed E-state index contributed by atoms with van der Waals surface area (Å²) in [6.07, 6.45) is 2.12. The smallest absolute Gasteiger partial charge is 0.253 e. The Kier molecular flexibility index (Phi) is 6.77. The van der Waals surface area contributed by atoms with Crippen LogP contribution in [0.15, 0.2) is 47.3 Å². The van der Waals surface area contributed by atoms with E-state index >= 15 is 0 Å². The van der Waals surface area contributed by atoms with Crippen LogP contribution in [0, 0.1) is 13.8 Å². The number of methoxy groups -OCH3 is 1. The summed E-state index contributed by atoms with van der Waals surface area (Å²) < 4.78 is 11.3. The number of thiocarbonyl (C=S) groups is 1. The third kappa shape index (κ3) is 4.79. The van der Waals surface area contributed by atoms with Crippen LogP contribution in [0.4, 0.5) is 5.69 Å². The molecule has 1 atom stereocenters. The van der Waals surface area contributed by atoms with Gasteiger partial charge in [-0.3, -0.25) is 4.79 Å². The molecule has 1 fully saturated rings. The highest BCUT2D eigenvalue weighted by molar-refractivity contribution is 7.80. The number of pyridine rings is 1.